The summed E-state index contributed by atoms with van der Waals surface area (Å²) in [5.74, 6) is 1.19. The minimum atomic E-state index is -0.147. The molecule has 1 saturated heterocycles. The number of hydrogen-bond acceptors (Lipinski definition) is 6. The molecule has 4 rings (SSSR count). The van der Waals surface area contributed by atoms with Crippen molar-refractivity contribution in [1.29, 1.82) is 0 Å². The molecule has 1 aliphatic heterocycles. The predicted octanol–water partition coefficient (Wildman–Crippen LogP) is 4.72. The van der Waals surface area contributed by atoms with Crippen LogP contribution in [0, 0.1) is 5.92 Å². The maximum absolute atomic E-state index is 12.9. The average molecular weight is 429 g/mol. The Morgan fingerprint density at radius 3 is 2.90 bits per heavy atom. The van der Waals surface area contributed by atoms with Gasteiger partial charge in [-0.2, -0.15) is 0 Å². The van der Waals surface area contributed by atoms with Crippen LogP contribution in [0.3, 0.4) is 0 Å². The summed E-state index contributed by atoms with van der Waals surface area (Å²) < 4.78 is 5.32. The molecule has 1 aliphatic rings. The highest BCUT2D eigenvalue weighted by Crippen LogP contribution is 2.30. The van der Waals surface area contributed by atoms with E-state index in [2.05, 4.69) is 20.4 Å². The number of ether oxygens (including phenoxy) is 1. The van der Waals surface area contributed by atoms with Gasteiger partial charge in [0.05, 0.1) is 23.6 Å². The van der Waals surface area contributed by atoms with Crippen LogP contribution in [0.4, 0.5) is 11.5 Å². The Morgan fingerprint density at radius 1 is 1.28 bits per heavy atom. The molecule has 1 aromatic carbocycles. The molecule has 0 saturated carbocycles. The number of anilines is 2. The first kappa shape index (κ1) is 19.7. The van der Waals surface area contributed by atoms with E-state index < -0.39 is 0 Å². The van der Waals surface area contributed by atoms with E-state index in [1.165, 1.54) is 0 Å². The summed E-state index contributed by atoms with van der Waals surface area (Å²) in [6, 6.07) is 13.2. The van der Waals surface area contributed by atoms with Gasteiger partial charge in [0, 0.05) is 18.1 Å². The van der Waals surface area contributed by atoms with Crippen LogP contribution >= 0.6 is 22.9 Å². The lowest BCUT2D eigenvalue weighted by molar-refractivity contribution is -0.120. The van der Waals surface area contributed by atoms with E-state index in [0.717, 1.165) is 35.8 Å². The number of rotatable bonds is 5. The Labute approximate surface area is 178 Å². The maximum atomic E-state index is 12.9. The van der Waals surface area contributed by atoms with Gasteiger partial charge in [-0.1, -0.05) is 17.7 Å². The van der Waals surface area contributed by atoms with Crippen molar-refractivity contribution >= 4 is 40.4 Å². The van der Waals surface area contributed by atoms with E-state index in [9.17, 15) is 4.79 Å². The zero-order chi connectivity index (χ0) is 20.2. The van der Waals surface area contributed by atoms with Gasteiger partial charge in [-0.3, -0.25) is 4.79 Å². The minimum absolute atomic E-state index is 0.0431. The summed E-state index contributed by atoms with van der Waals surface area (Å²) in [6.07, 6.45) is 1.74. The third-order valence-corrected chi connectivity index (χ3v) is 6.09. The van der Waals surface area contributed by atoms with E-state index in [1.54, 1.807) is 36.6 Å². The SMILES string of the molecule is COc1ccc(Cl)cc1NC(=O)C1CCCN(c2ccc(-c3cccs3)nn2)C1. The second kappa shape index (κ2) is 8.80. The summed E-state index contributed by atoms with van der Waals surface area (Å²) >= 11 is 7.70. The van der Waals surface area contributed by atoms with Crippen LogP contribution in [-0.2, 0) is 4.79 Å². The number of thiophene rings is 1. The van der Waals surface area contributed by atoms with Crippen LogP contribution in [0.5, 0.6) is 5.75 Å². The Balaban J connectivity index is 1.44. The fraction of sp³-hybridized carbons (Fsp3) is 0.286. The summed E-state index contributed by atoms with van der Waals surface area (Å²) in [4.78, 5) is 16.1. The number of methoxy groups -OCH3 is 1. The van der Waals surface area contributed by atoms with Crippen molar-refractivity contribution in [1.82, 2.24) is 10.2 Å². The van der Waals surface area contributed by atoms with Crippen LogP contribution in [0.2, 0.25) is 5.02 Å². The lowest BCUT2D eigenvalue weighted by Gasteiger charge is -2.32. The third-order valence-electron chi connectivity index (χ3n) is 4.96. The number of hydrogen-bond donors (Lipinski definition) is 1. The van der Waals surface area contributed by atoms with Gasteiger partial charge in [0.25, 0.3) is 0 Å². The highest BCUT2D eigenvalue weighted by Gasteiger charge is 2.27. The summed E-state index contributed by atoms with van der Waals surface area (Å²) in [5.41, 5.74) is 1.45. The van der Waals surface area contributed by atoms with Crippen molar-refractivity contribution in [2.24, 2.45) is 5.92 Å². The fourth-order valence-electron chi connectivity index (χ4n) is 3.46. The molecule has 0 radical (unpaired) electrons. The van der Waals surface area contributed by atoms with Gasteiger partial charge in [0.1, 0.15) is 11.4 Å². The molecule has 0 bridgehead atoms. The van der Waals surface area contributed by atoms with Crippen LogP contribution in [0.25, 0.3) is 10.6 Å². The lowest BCUT2D eigenvalue weighted by atomic mass is 9.97. The van der Waals surface area contributed by atoms with Gasteiger partial charge < -0.3 is 15.0 Å². The van der Waals surface area contributed by atoms with Crippen molar-refractivity contribution in [3.05, 3.63) is 52.9 Å². The largest absolute Gasteiger partial charge is 0.495 e. The topological polar surface area (TPSA) is 67.3 Å². The number of nitrogens with one attached hydrogen (secondary N) is 1. The smallest absolute Gasteiger partial charge is 0.229 e. The van der Waals surface area contributed by atoms with E-state index in [4.69, 9.17) is 16.3 Å². The standard InChI is InChI=1S/C21H21ClN4O2S/c1-28-18-8-6-15(22)12-17(18)23-21(27)14-4-2-10-26(13-14)20-9-7-16(24-25-20)19-5-3-11-29-19/h3,5-9,11-12,14H,2,4,10,13H2,1H3,(H,23,27). The van der Waals surface area contributed by atoms with Crippen molar-refractivity contribution in [3.63, 3.8) is 0 Å². The monoisotopic (exact) mass is 428 g/mol. The van der Waals surface area contributed by atoms with Crippen LogP contribution in [0.1, 0.15) is 12.8 Å². The van der Waals surface area contributed by atoms with Gasteiger partial charge in [-0.05, 0) is 54.6 Å². The third kappa shape index (κ3) is 4.52. The van der Waals surface area contributed by atoms with E-state index in [0.29, 0.717) is 23.0 Å². The molecule has 6 nitrogen and oxygen atoms in total. The molecule has 3 aromatic rings. The van der Waals surface area contributed by atoms with Crippen molar-refractivity contribution in [2.75, 3.05) is 30.4 Å². The molecule has 3 heterocycles. The predicted molar refractivity (Wildman–Crippen MR) is 117 cm³/mol. The zero-order valence-corrected chi connectivity index (χ0v) is 17.5. The number of benzene rings is 1. The van der Waals surface area contributed by atoms with Gasteiger partial charge in [-0.15, -0.1) is 21.5 Å². The number of amides is 1. The Bertz CT molecular complexity index is 979. The Morgan fingerprint density at radius 2 is 2.17 bits per heavy atom. The quantitative estimate of drug-likeness (QED) is 0.636. The normalized spacial score (nSPS) is 16.5. The van der Waals surface area contributed by atoms with E-state index in [-0.39, 0.29) is 11.8 Å². The highest BCUT2D eigenvalue weighted by atomic mass is 35.5. The molecule has 1 unspecified atom stereocenters. The zero-order valence-electron chi connectivity index (χ0n) is 16.0. The second-order valence-corrected chi connectivity index (χ2v) is 8.26. The second-order valence-electron chi connectivity index (χ2n) is 6.87. The summed E-state index contributed by atoms with van der Waals surface area (Å²) in [5, 5.41) is 14.3. The van der Waals surface area contributed by atoms with Crippen molar-refractivity contribution in [2.45, 2.75) is 12.8 Å². The maximum Gasteiger partial charge on any atom is 0.229 e. The minimum Gasteiger partial charge on any atom is -0.495 e. The van der Waals surface area contributed by atoms with Gasteiger partial charge in [-0.25, -0.2) is 0 Å². The molecule has 1 atom stereocenters. The Hall–Kier alpha value is -2.64. The Kier molecular flexibility index (Phi) is 5.97. The lowest BCUT2D eigenvalue weighted by Crippen LogP contribution is -2.41. The molecule has 1 amide bonds. The van der Waals surface area contributed by atoms with Crippen molar-refractivity contribution < 1.29 is 9.53 Å². The first-order valence-electron chi connectivity index (χ1n) is 9.41. The number of carbonyl (C=O) groups is 1. The molecular formula is C21H21ClN4O2S. The number of halogens is 1. The summed E-state index contributed by atoms with van der Waals surface area (Å²) in [7, 11) is 1.57. The first-order chi connectivity index (χ1) is 14.1. The average Bonchev–Trinajstić information content (AvgIpc) is 3.29. The van der Waals surface area contributed by atoms with Crippen LogP contribution in [0.15, 0.2) is 47.8 Å². The number of carbonyl (C=O) groups excluding carboxylic acids is 1. The number of piperidine rings is 1. The molecular weight excluding hydrogens is 408 g/mol. The highest BCUT2D eigenvalue weighted by molar-refractivity contribution is 7.13. The van der Waals surface area contributed by atoms with Crippen LogP contribution in [-0.4, -0.2) is 36.3 Å². The number of aromatic nitrogens is 2. The molecule has 29 heavy (non-hydrogen) atoms. The van der Waals surface area contributed by atoms with E-state index >= 15 is 0 Å². The summed E-state index contributed by atoms with van der Waals surface area (Å²) in [6.45, 7) is 1.46. The van der Waals surface area contributed by atoms with Crippen LogP contribution < -0.4 is 15.0 Å². The molecule has 1 N–H and O–H groups in total. The molecule has 1 fully saturated rings. The molecule has 0 aliphatic carbocycles. The van der Waals surface area contributed by atoms with Crippen molar-refractivity contribution in [3.8, 4) is 16.3 Å². The number of nitrogens with zero attached hydrogens (tertiary/aromatic N) is 3. The van der Waals surface area contributed by atoms with Gasteiger partial charge >= 0.3 is 0 Å². The van der Waals surface area contributed by atoms with Gasteiger partial charge in [0.15, 0.2) is 5.82 Å². The van der Waals surface area contributed by atoms with E-state index in [1.807, 2.05) is 29.6 Å². The molecule has 2 aromatic heterocycles. The molecule has 8 heteroatoms. The first-order valence-corrected chi connectivity index (χ1v) is 10.7. The fourth-order valence-corrected chi connectivity index (χ4v) is 4.32. The van der Waals surface area contributed by atoms with Gasteiger partial charge in [0.2, 0.25) is 5.91 Å². The molecule has 150 valence electrons. The molecule has 0 spiro atoms.